The van der Waals surface area contributed by atoms with E-state index in [0.29, 0.717) is 11.8 Å². The molecule has 0 unspecified atom stereocenters. The molecule has 32 heavy (non-hydrogen) atoms. The van der Waals surface area contributed by atoms with Crippen molar-refractivity contribution in [2.45, 2.75) is 84.3 Å². The number of rotatable bonds is 5. The van der Waals surface area contributed by atoms with E-state index in [2.05, 4.69) is 35.8 Å². The predicted molar refractivity (Wildman–Crippen MR) is 133 cm³/mol. The van der Waals surface area contributed by atoms with Gasteiger partial charge in [0.2, 0.25) is 0 Å². The Kier molecular flexibility index (Phi) is 6.71. The molecule has 0 aliphatic heterocycles. The molecule has 2 aromatic heterocycles. The molecule has 4 nitrogen and oxygen atoms in total. The zero-order valence-corrected chi connectivity index (χ0v) is 20.5. The second-order valence-corrected chi connectivity index (χ2v) is 10.4. The van der Waals surface area contributed by atoms with Crippen LogP contribution in [0.5, 0.6) is 0 Å². The highest BCUT2D eigenvalue weighted by molar-refractivity contribution is 6.17. The number of hydrogen-bond acceptors (Lipinski definition) is 2. The Morgan fingerprint density at radius 2 is 1.91 bits per heavy atom. The van der Waals surface area contributed by atoms with Crippen LogP contribution >= 0.6 is 11.6 Å². The summed E-state index contributed by atoms with van der Waals surface area (Å²) in [4.78, 5) is 13.1. The number of ether oxygens (including phenoxy) is 1. The average molecular weight is 455 g/mol. The largest absolute Gasteiger partial charge is 0.443 e. The van der Waals surface area contributed by atoms with Crippen molar-refractivity contribution in [3.05, 3.63) is 47.7 Å². The molecule has 2 heterocycles. The van der Waals surface area contributed by atoms with E-state index in [-0.39, 0.29) is 6.09 Å². The van der Waals surface area contributed by atoms with Gasteiger partial charge >= 0.3 is 6.09 Å². The lowest BCUT2D eigenvalue weighted by Gasteiger charge is -2.25. The monoisotopic (exact) mass is 454 g/mol. The molecule has 0 radical (unpaired) electrons. The van der Waals surface area contributed by atoms with Gasteiger partial charge in [0, 0.05) is 29.5 Å². The lowest BCUT2D eigenvalue weighted by Crippen LogP contribution is -2.27. The molecular formula is C27H35ClN2O2. The summed E-state index contributed by atoms with van der Waals surface area (Å²) < 4.78 is 9.81. The minimum atomic E-state index is -0.548. The number of nitrogens with zero attached hydrogens (tertiary/aromatic N) is 2. The van der Waals surface area contributed by atoms with Crippen LogP contribution in [-0.4, -0.2) is 26.7 Å². The van der Waals surface area contributed by atoms with Gasteiger partial charge in [-0.2, -0.15) is 0 Å². The summed E-state index contributed by atoms with van der Waals surface area (Å²) >= 11 is 6.13. The Hall–Kier alpha value is -2.20. The first kappa shape index (κ1) is 23.0. The van der Waals surface area contributed by atoms with E-state index in [1.54, 1.807) is 4.57 Å². The summed E-state index contributed by atoms with van der Waals surface area (Å²) in [5, 5.41) is 1.31. The van der Waals surface area contributed by atoms with Gasteiger partial charge in [-0.25, -0.2) is 4.79 Å². The molecule has 3 aromatic rings. The predicted octanol–water partition coefficient (Wildman–Crippen LogP) is 7.88. The molecule has 0 spiro atoms. The molecule has 5 heteroatoms. The minimum Gasteiger partial charge on any atom is -0.443 e. The fourth-order valence-electron chi connectivity index (χ4n) is 5.06. The zero-order valence-electron chi connectivity index (χ0n) is 19.8. The van der Waals surface area contributed by atoms with Gasteiger partial charge in [-0.15, -0.1) is 11.6 Å². The molecule has 0 amide bonds. The van der Waals surface area contributed by atoms with Crippen LogP contribution in [0.4, 0.5) is 4.79 Å². The van der Waals surface area contributed by atoms with Crippen molar-refractivity contribution in [3.63, 3.8) is 0 Å². The van der Waals surface area contributed by atoms with Crippen molar-refractivity contribution >= 4 is 28.6 Å². The second-order valence-electron chi connectivity index (χ2n) is 10.1. The van der Waals surface area contributed by atoms with Gasteiger partial charge in [-0.3, -0.25) is 4.57 Å². The van der Waals surface area contributed by atoms with Gasteiger partial charge in [0.15, 0.2) is 0 Å². The third-order valence-electron chi connectivity index (χ3n) is 6.37. The lowest BCUT2D eigenvalue weighted by atomic mass is 9.82. The summed E-state index contributed by atoms with van der Waals surface area (Å²) in [6.45, 7) is 8.68. The van der Waals surface area contributed by atoms with E-state index in [9.17, 15) is 4.79 Å². The van der Waals surface area contributed by atoms with E-state index < -0.39 is 5.60 Å². The summed E-state index contributed by atoms with van der Waals surface area (Å²) in [5.74, 6) is 1.11. The number of aromatic nitrogens is 2. The number of aryl methyl sites for hydroxylation is 2. The van der Waals surface area contributed by atoms with Crippen molar-refractivity contribution in [3.8, 4) is 11.4 Å². The normalized spacial score (nSPS) is 15.4. The van der Waals surface area contributed by atoms with Gasteiger partial charge in [0.25, 0.3) is 0 Å². The fraction of sp³-hybridized carbons (Fsp3) is 0.519. The Morgan fingerprint density at radius 3 is 2.59 bits per heavy atom. The summed E-state index contributed by atoms with van der Waals surface area (Å²) in [6.07, 6.45) is 8.59. The van der Waals surface area contributed by atoms with Gasteiger partial charge in [-0.05, 0) is 82.2 Å². The summed E-state index contributed by atoms with van der Waals surface area (Å²) in [6, 6.07) is 10.8. The van der Waals surface area contributed by atoms with Crippen molar-refractivity contribution in [1.82, 2.24) is 9.13 Å². The molecule has 4 rings (SSSR count). The zero-order chi connectivity index (χ0) is 22.9. The Labute approximate surface area is 196 Å². The number of hydrogen-bond donors (Lipinski definition) is 0. The van der Waals surface area contributed by atoms with Crippen molar-refractivity contribution in [2.24, 2.45) is 0 Å². The number of alkyl halides is 1. The van der Waals surface area contributed by atoms with Crippen LogP contribution in [0.15, 0.2) is 36.5 Å². The Morgan fingerprint density at radius 1 is 1.16 bits per heavy atom. The van der Waals surface area contributed by atoms with E-state index >= 15 is 0 Å². The quantitative estimate of drug-likeness (QED) is 0.367. The van der Waals surface area contributed by atoms with Gasteiger partial charge < -0.3 is 9.30 Å². The highest BCUT2D eigenvalue weighted by atomic mass is 35.5. The second kappa shape index (κ2) is 9.35. The van der Waals surface area contributed by atoms with Crippen LogP contribution in [0.3, 0.4) is 0 Å². The highest BCUT2D eigenvalue weighted by Gasteiger charge is 2.29. The molecule has 0 atom stereocenters. The van der Waals surface area contributed by atoms with E-state index in [0.717, 1.165) is 24.4 Å². The van der Waals surface area contributed by atoms with Crippen LogP contribution in [0.2, 0.25) is 0 Å². The maximum absolute atomic E-state index is 13.1. The van der Waals surface area contributed by atoms with E-state index in [1.807, 2.05) is 33.0 Å². The third-order valence-corrected chi connectivity index (χ3v) is 6.64. The van der Waals surface area contributed by atoms with Crippen molar-refractivity contribution in [1.29, 1.82) is 0 Å². The number of halogens is 1. The molecule has 1 fully saturated rings. The molecule has 1 aliphatic rings. The Bertz CT molecular complexity index is 1100. The van der Waals surface area contributed by atoms with E-state index in [4.69, 9.17) is 16.3 Å². The number of benzene rings is 1. The number of carbonyl (C=O) groups is 1. The van der Waals surface area contributed by atoms with Gasteiger partial charge in [-0.1, -0.05) is 31.4 Å². The summed E-state index contributed by atoms with van der Waals surface area (Å²) in [7, 11) is 0. The fourth-order valence-corrected chi connectivity index (χ4v) is 5.18. The van der Waals surface area contributed by atoms with Crippen LogP contribution in [-0.2, 0) is 11.3 Å². The smallest absolute Gasteiger partial charge is 0.419 e. The first-order valence-corrected chi connectivity index (χ1v) is 12.4. The number of carbonyl (C=O) groups excluding carboxylic acids is 1. The first-order valence-electron chi connectivity index (χ1n) is 11.9. The van der Waals surface area contributed by atoms with Crippen molar-refractivity contribution in [2.75, 3.05) is 5.88 Å². The maximum Gasteiger partial charge on any atom is 0.419 e. The standard InChI is InChI=1S/C27H35ClN2O2/c1-19-13-14-21-23(18-19)29(17-9-15-28)25(24(21)20-10-6-5-7-11-20)22-12-8-16-30(22)26(31)32-27(2,3)4/h8,12-14,16,18,20H,5-7,9-11,15,17H2,1-4H3. The van der Waals surface area contributed by atoms with Crippen molar-refractivity contribution < 1.29 is 9.53 Å². The third kappa shape index (κ3) is 4.61. The number of fused-ring (bicyclic) bond motifs is 1. The maximum atomic E-state index is 13.1. The summed E-state index contributed by atoms with van der Waals surface area (Å²) in [5.41, 5.74) is 5.38. The minimum absolute atomic E-state index is 0.336. The molecule has 0 saturated heterocycles. The first-order chi connectivity index (χ1) is 15.3. The molecule has 0 N–H and O–H groups in total. The van der Waals surface area contributed by atoms with Gasteiger partial charge in [0.05, 0.1) is 11.4 Å². The SMILES string of the molecule is Cc1ccc2c(C3CCCCC3)c(-c3cccn3C(=O)OC(C)(C)C)n(CCCCl)c2c1. The Balaban J connectivity index is 1.96. The van der Waals surface area contributed by atoms with Crippen LogP contribution in [0, 0.1) is 6.92 Å². The average Bonchev–Trinajstić information content (AvgIpc) is 3.34. The van der Waals surface area contributed by atoms with Crippen LogP contribution < -0.4 is 0 Å². The molecule has 172 valence electrons. The topological polar surface area (TPSA) is 36.2 Å². The molecule has 1 saturated carbocycles. The van der Waals surface area contributed by atoms with Crippen LogP contribution in [0.1, 0.15) is 76.3 Å². The molecule has 0 bridgehead atoms. The molecule has 1 aliphatic carbocycles. The molecule has 1 aromatic carbocycles. The van der Waals surface area contributed by atoms with E-state index in [1.165, 1.54) is 54.1 Å². The molecular weight excluding hydrogens is 420 g/mol. The highest BCUT2D eigenvalue weighted by Crippen LogP contribution is 2.44. The van der Waals surface area contributed by atoms with Gasteiger partial charge in [0.1, 0.15) is 5.60 Å². The van der Waals surface area contributed by atoms with Crippen LogP contribution in [0.25, 0.3) is 22.3 Å². The lowest BCUT2D eigenvalue weighted by molar-refractivity contribution is 0.0540.